The molecule has 1 fully saturated rings. The Bertz CT molecular complexity index is 439. The van der Waals surface area contributed by atoms with E-state index in [2.05, 4.69) is 27.8 Å². The summed E-state index contributed by atoms with van der Waals surface area (Å²) in [6, 6.07) is 5.68. The Labute approximate surface area is 128 Å². The molecular formula is C15H22BrNO3. The predicted octanol–water partition coefficient (Wildman–Crippen LogP) is 2.60. The number of benzene rings is 1. The van der Waals surface area contributed by atoms with Gasteiger partial charge in [-0.2, -0.15) is 0 Å². The fourth-order valence-corrected chi connectivity index (χ4v) is 2.67. The average molecular weight is 344 g/mol. The van der Waals surface area contributed by atoms with Gasteiger partial charge < -0.3 is 14.6 Å². The lowest BCUT2D eigenvalue weighted by Gasteiger charge is -2.32. The van der Waals surface area contributed by atoms with E-state index in [-0.39, 0.29) is 6.10 Å². The molecule has 1 saturated heterocycles. The molecule has 0 bridgehead atoms. The first-order valence-corrected chi connectivity index (χ1v) is 7.83. The smallest absolute Gasteiger partial charge is 0.126 e. The Kier molecular flexibility index (Phi) is 5.84. The third-order valence-electron chi connectivity index (χ3n) is 3.52. The van der Waals surface area contributed by atoms with Gasteiger partial charge in [0.15, 0.2) is 0 Å². The van der Waals surface area contributed by atoms with Gasteiger partial charge in [0.05, 0.1) is 12.7 Å². The summed E-state index contributed by atoms with van der Waals surface area (Å²) in [6.07, 6.45) is -0.456. The van der Waals surface area contributed by atoms with E-state index in [1.165, 1.54) is 0 Å². The van der Waals surface area contributed by atoms with Crippen LogP contribution < -0.4 is 4.74 Å². The topological polar surface area (TPSA) is 41.9 Å². The number of aliphatic hydroxyl groups excluding tert-OH is 1. The number of aliphatic hydroxyl groups is 1. The van der Waals surface area contributed by atoms with Crippen molar-refractivity contribution in [1.82, 2.24) is 4.90 Å². The lowest BCUT2D eigenvalue weighted by Crippen LogP contribution is -2.44. The molecule has 1 aliphatic heterocycles. The molecule has 0 saturated carbocycles. The first-order chi connectivity index (χ1) is 9.60. The van der Waals surface area contributed by atoms with E-state index in [1.807, 2.05) is 18.2 Å². The van der Waals surface area contributed by atoms with Crippen molar-refractivity contribution in [3.05, 3.63) is 28.2 Å². The van der Waals surface area contributed by atoms with Crippen molar-refractivity contribution in [2.75, 3.05) is 32.8 Å². The molecule has 4 nitrogen and oxygen atoms in total. The Morgan fingerprint density at radius 2 is 2.35 bits per heavy atom. The molecule has 1 aromatic rings. The number of ether oxygens (including phenoxy) is 2. The van der Waals surface area contributed by atoms with Crippen LogP contribution in [0.4, 0.5) is 0 Å². The van der Waals surface area contributed by atoms with Gasteiger partial charge in [-0.3, -0.25) is 4.90 Å². The number of nitrogens with zero attached hydrogens (tertiary/aromatic N) is 1. The van der Waals surface area contributed by atoms with Gasteiger partial charge in [0.25, 0.3) is 0 Å². The van der Waals surface area contributed by atoms with Crippen molar-refractivity contribution in [3.63, 3.8) is 0 Å². The molecule has 0 radical (unpaired) electrons. The van der Waals surface area contributed by atoms with E-state index in [1.54, 1.807) is 6.92 Å². The Balaban J connectivity index is 1.98. The van der Waals surface area contributed by atoms with Gasteiger partial charge in [-0.05, 0) is 25.6 Å². The first-order valence-electron chi connectivity index (χ1n) is 7.04. The number of morpholine rings is 1. The highest BCUT2D eigenvalue weighted by Gasteiger charge is 2.20. The molecule has 0 aliphatic carbocycles. The fraction of sp³-hybridized carbons (Fsp3) is 0.600. The molecule has 0 spiro atoms. The molecule has 1 aromatic carbocycles. The second-order valence-electron chi connectivity index (χ2n) is 5.06. The van der Waals surface area contributed by atoms with Crippen LogP contribution >= 0.6 is 15.9 Å². The molecule has 1 heterocycles. The summed E-state index contributed by atoms with van der Waals surface area (Å²) in [5.74, 6) is 0.714. The minimum atomic E-state index is -0.544. The predicted molar refractivity (Wildman–Crippen MR) is 82.1 cm³/mol. The van der Waals surface area contributed by atoms with Gasteiger partial charge in [0.1, 0.15) is 18.5 Å². The molecule has 0 aromatic heterocycles. The number of likely N-dealkylation sites (N-methyl/N-ethyl adjacent to an activating group) is 1. The zero-order valence-electron chi connectivity index (χ0n) is 12.0. The maximum atomic E-state index is 9.78. The number of hydrogen-bond acceptors (Lipinski definition) is 4. The summed E-state index contributed by atoms with van der Waals surface area (Å²) in [5.41, 5.74) is 0.802. The molecule has 1 N–H and O–H groups in total. The van der Waals surface area contributed by atoms with Crippen molar-refractivity contribution < 1.29 is 14.6 Å². The average Bonchev–Trinajstić information content (AvgIpc) is 2.45. The summed E-state index contributed by atoms with van der Waals surface area (Å²) in [4.78, 5) is 2.36. The third-order valence-corrected chi connectivity index (χ3v) is 4.01. The normalized spacial score (nSPS) is 21.7. The second kappa shape index (κ2) is 7.41. The van der Waals surface area contributed by atoms with Crippen LogP contribution in [0.2, 0.25) is 0 Å². The molecule has 5 heteroatoms. The lowest BCUT2D eigenvalue weighted by atomic mass is 10.1. The van der Waals surface area contributed by atoms with Crippen LogP contribution in [0.25, 0.3) is 0 Å². The van der Waals surface area contributed by atoms with Crippen LogP contribution in [-0.2, 0) is 4.74 Å². The van der Waals surface area contributed by atoms with Crippen molar-refractivity contribution in [2.24, 2.45) is 0 Å². The van der Waals surface area contributed by atoms with Gasteiger partial charge in [0, 0.05) is 23.1 Å². The van der Waals surface area contributed by atoms with E-state index in [0.717, 1.165) is 36.3 Å². The lowest BCUT2D eigenvalue weighted by molar-refractivity contribution is -0.0467. The summed E-state index contributed by atoms with van der Waals surface area (Å²) in [7, 11) is 0. The highest BCUT2D eigenvalue weighted by molar-refractivity contribution is 9.10. The monoisotopic (exact) mass is 343 g/mol. The standard InChI is InChI=1S/C15H22BrNO3/c1-3-17-6-7-19-13(9-17)10-20-15-8-12(16)4-5-14(15)11(2)18/h4-5,8,11,13,18H,3,6-7,9-10H2,1-2H3/t11-,13?/m0/s1. The highest BCUT2D eigenvalue weighted by Crippen LogP contribution is 2.28. The highest BCUT2D eigenvalue weighted by atomic mass is 79.9. The van der Waals surface area contributed by atoms with Crippen LogP contribution in [-0.4, -0.2) is 49.0 Å². The van der Waals surface area contributed by atoms with Gasteiger partial charge in [-0.15, -0.1) is 0 Å². The molecule has 112 valence electrons. The van der Waals surface area contributed by atoms with Gasteiger partial charge >= 0.3 is 0 Å². The van der Waals surface area contributed by atoms with Crippen molar-refractivity contribution in [3.8, 4) is 5.75 Å². The SMILES string of the molecule is CCN1CCOC(COc2cc(Br)ccc2[C@H](C)O)C1. The van der Waals surface area contributed by atoms with E-state index < -0.39 is 6.10 Å². The van der Waals surface area contributed by atoms with Gasteiger partial charge in [0.2, 0.25) is 0 Å². The molecule has 0 amide bonds. The summed E-state index contributed by atoms with van der Waals surface area (Å²) >= 11 is 3.43. The quantitative estimate of drug-likeness (QED) is 0.892. The molecule has 2 atom stereocenters. The third kappa shape index (κ3) is 4.19. The molecule has 1 aliphatic rings. The van der Waals surface area contributed by atoms with E-state index in [4.69, 9.17) is 9.47 Å². The first kappa shape index (κ1) is 15.8. The second-order valence-corrected chi connectivity index (χ2v) is 5.97. The van der Waals surface area contributed by atoms with Crippen LogP contribution in [0.15, 0.2) is 22.7 Å². The van der Waals surface area contributed by atoms with Crippen LogP contribution in [0, 0.1) is 0 Å². The van der Waals surface area contributed by atoms with E-state index in [9.17, 15) is 5.11 Å². The van der Waals surface area contributed by atoms with Gasteiger partial charge in [-0.1, -0.05) is 28.9 Å². The number of rotatable bonds is 5. The number of halogens is 1. The van der Waals surface area contributed by atoms with Crippen LogP contribution in [0.3, 0.4) is 0 Å². The van der Waals surface area contributed by atoms with Crippen molar-refractivity contribution >= 4 is 15.9 Å². The number of hydrogen-bond donors (Lipinski definition) is 1. The van der Waals surface area contributed by atoms with Crippen molar-refractivity contribution in [1.29, 1.82) is 0 Å². The maximum absolute atomic E-state index is 9.78. The van der Waals surface area contributed by atoms with E-state index in [0.29, 0.717) is 12.4 Å². The van der Waals surface area contributed by atoms with Crippen LogP contribution in [0.5, 0.6) is 5.75 Å². The summed E-state index contributed by atoms with van der Waals surface area (Å²) in [5, 5.41) is 9.78. The zero-order chi connectivity index (χ0) is 14.5. The minimum Gasteiger partial charge on any atom is -0.490 e. The Morgan fingerprint density at radius 1 is 1.55 bits per heavy atom. The van der Waals surface area contributed by atoms with E-state index >= 15 is 0 Å². The minimum absolute atomic E-state index is 0.0875. The molecule has 20 heavy (non-hydrogen) atoms. The maximum Gasteiger partial charge on any atom is 0.126 e. The largest absolute Gasteiger partial charge is 0.490 e. The molecule has 1 unspecified atom stereocenters. The zero-order valence-corrected chi connectivity index (χ0v) is 13.6. The fourth-order valence-electron chi connectivity index (χ4n) is 2.33. The van der Waals surface area contributed by atoms with Crippen molar-refractivity contribution in [2.45, 2.75) is 26.1 Å². The molecule has 2 rings (SSSR count). The van der Waals surface area contributed by atoms with Gasteiger partial charge in [-0.25, -0.2) is 0 Å². The Morgan fingerprint density at radius 3 is 3.05 bits per heavy atom. The van der Waals surface area contributed by atoms with Crippen LogP contribution in [0.1, 0.15) is 25.5 Å². The molecular weight excluding hydrogens is 322 g/mol. The summed E-state index contributed by atoms with van der Waals surface area (Å²) in [6.45, 7) is 8.08. The Hall–Kier alpha value is -0.620. The summed E-state index contributed by atoms with van der Waals surface area (Å²) < 4.78 is 12.5.